The van der Waals surface area contributed by atoms with Crippen molar-refractivity contribution in [3.05, 3.63) is 194 Å². The van der Waals surface area contributed by atoms with Gasteiger partial charge in [0.25, 0.3) is 6.29 Å². The second-order valence-electron chi connectivity index (χ2n) is 28.3. The molecule has 0 spiro atoms. The number of nitrogens with zero attached hydrogens (tertiary/aromatic N) is 1. The zero-order chi connectivity index (χ0) is 74.6. The summed E-state index contributed by atoms with van der Waals surface area (Å²) in [6.45, 7) is 4.65. The van der Waals surface area contributed by atoms with E-state index in [-0.39, 0.29) is 32.2 Å². The van der Waals surface area contributed by atoms with E-state index in [4.69, 9.17) is 18.9 Å². The number of rotatable bonds is 75. The molecule has 0 fully saturated rings. The average Bonchev–Trinajstić information content (AvgIpc) is 1.01. The van der Waals surface area contributed by atoms with Gasteiger partial charge in [0.15, 0.2) is 6.10 Å². The maximum absolute atomic E-state index is 13.0. The highest BCUT2D eigenvalue weighted by Gasteiger charge is 2.25. The molecular weight excluding hydrogens is 1270 g/mol. The normalized spacial score (nSPS) is 13.7. The second-order valence-corrected chi connectivity index (χ2v) is 28.3. The van der Waals surface area contributed by atoms with Crippen LogP contribution in [0.4, 0.5) is 0 Å². The molecule has 0 heterocycles. The molecule has 0 aliphatic heterocycles. The molecule has 0 aromatic heterocycles. The van der Waals surface area contributed by atoms with Crippen molar-refractivity contribution in [2.45, 2.75) is 334 Å². The third kappa shape index (κ3) is 83.3. The van der Waals surface area contributed by atoms with Gasteiger partial charge < -0.3 is 28.5 Å². The Morgan fingerprint density at radius 2 is 0.524 bits per heavy atom. The van der Waals surface area contributed by atoms with Crippen LogP contribution in [0.5, 0.6) is 0 Å². The first-order valence-corrected chi connectivity index (χ1v) is 41.6. The van der Waals surface area contributed by atoms with Crippen LogP contribution < -0.4 is 0 Å². The molecule has 2 unspecified atom stereocenters. The summed E-state index contributed by atoms with van der Waals surface area (Å²) in [5.74, 6) is -2.01. The van der Waals surface area contributed by atoms with Gasteiger partial charge in [-0.1, -0.05) is 362 Å². The number of carbonyl (C=O) groups is 3. The summed E-state index contributed by atoms with van der Waals surface area (Å²) in [6, 6.07) is 0. The van der Waals surface area contributed by atoms with Crippen LogP contribution in [0.15, 0.2) is 194 Å². The molecule has 0 saturated heterocycles. The van der Waals surface area contributed by atoms with Gasteiger partial charge in [-0.2, -0.15) is 0 Å². The lowest BCUT2D eigenvalue weighted by Crippen LogP contribution is -2.40. The van der Waals surface area contributed by atoms with Gasteiger partial charge in [-0.05, 0) is 141 Å². The summed E-state index contributed by atoms with van der Waals surface area (Å²) < 4.78 is 23.1. The summed E-state index contributed by atoms with van der Waals surface area (Å²) >= 11 is 0. The molecule has 2 atom stereocenters. The molecule has 582 valence electrons. The maximum atomic E-state index is 13.0. The van der Waals surface area contributed by atoms with E-state index in [1.165, 1.54) is 148 Å². The van der Waals surface area contributed by atoms with E-state index in [2.05, 4.69) is 208 Å². The van der Waals surface area contributed by atoms with Crippen LogP contribution in [-0.4, -0.2) is 87.4 Å². The molecule has 0 radical (unpaired) electrons. The number of carboxylic acid groups (broad SMARTS) is 1. The number of unbranched alkanes of at least 4 members (excludes halogenated alkanes) is 28. The molecule has 0 aromatic rings. The Morgan fingerprint density at radius 1 is 0.291 bits per heavy atom. The van der Waals surface area contributed by atoms with E-state index in [0.29, 0.717) is 23.9 Å². The van der Waals surface area contributed by atoms with Crippen molar-refractivity contribution in [1.29, 1.82) is 0 Å². The quantitative estimate of drug-likeness (QED) is 0.0211. The highest BCUT2D eigenvalue weighted by Crippen LogP contribution is 2.18. The highest BCUT2D eigenvalue weighted by atomic mass is 16.7. The summed E-state index contributed by atoms with van der Waals surface area (Å²) in [5, 5.41) is 9.79. The fraction of sp³-hybridized carbons (Fsp3) is 0.628. The van der Waals surface area contributed by atoms with Gasteiger partial charge in [-0.15, -0.1) is 0 Å². The molecule has 0 bridgehead atoms. The fourth-order valence-corrected chi connectivity index (χ4v) is 11.1. The van der Waals surface area contributed by atoms with E-state index in [9.17, 15) is 19.5 Å². The number of hydrogen-bond donors (Lipinski definition) is 1. The van der Waals surface area contributed by atoms with Gasteiger partial charge in [-0.25, -0.2) is 4.79 Å². The SMILES string of the molecule is CC/C=C\C/C=C\C/C=C\C/C=C\C/C=C\C/C=C\C/C=C\C/C=C\C/C=C\CCCCCCCCCCCCCCCC(=O)OC(COC(=O)CCCCCCCCCCCCCCCCC/C=C\C/C=C\C/C=C\C/C=C\C/C=C\C/C=C\C/C=C\CC)COC(OCC[N+](C)(C)C)C(=O)O. The first-order chi connectivity index (χ1) is 50.6. The van der Waals surface area contributed by atoms with E-state index in [1.54, 1.807) is 0 Å². The van der Waals surface area contributed by atoms with Crippen LogP contribution >= 0.6 is 0 Å². The smallest absolute Gasteiger partial charge is 0.361 e. The van der Waals surface area contributed by atoms with Gasteiger partial charge in [-0.3, -0.25) is 9.59 Å². The Bertz CT molecular complexity index is 2410. The zero-order valence-corrected chi connectivity index (χ0v) is 66.7. The topological polar surface area (TPSA) is 108 Å². The summed E-state index contributed by atoms with van der Waals surface area (Å²) in [7, 11) is 5.98. The number of esters is 2. The molecule has 0 amide bonds. The van der Waals surface area contributed by atoms with Crippen molar-refractivity contribution in [1.82, 2.24) is 0 Å². The molecule has 0 aliphatic carbocycles. The van der Waals surface area contributed by atoms with Gasteiger partial charge in [0.1, 0.15) is 13.2 Å². The Hall–Kier alpha value is -5.87. The number of carboxylic acids is 1. The molecule has 0 rings (SSSR count). The number of ether oxygens (including phenoxy) is 4. The van der Waals surface area contributed by atoms with Crippen molar-refractivity contribution in [3.63, 3.8) is 0 Å². The second kappa shape index (κ2) is 81.8. The van der Waals surface area contributed by atoms with E-state index in [1.807, 2.05) is 21.1 Å². The van der Waals surface area contributed by atoms with Gasteiger partial charge in [0, 0.05) is 12.8 Å². The first-order valence-electron chi connectivity index (χ1n) is 41.6. The summed E-state index contributed by atoms with van der Waals surface area (Å²) in [4.78, 5) is 37.8. The lowest BCUT2D eigenvalue weighted by molar-refractivity contribution is -0.870. The van der Waals surface area contributed by atoms with Crippen molar-refractivity contribution in [2.24, 2.45) is 0 Å². The number of aliphatic carboxylic acids is 1. The van der Waals surface area contributed by atoms with Crippen LogP contribution in [0.2, 0.25) is 0 Å². The molecule has 0 aromatic carbocycles. The molecule has 9 heteroatoms. The van der Waals surface area contributed by atoms with E-state index in [0.717, 1.165) is 141 Å². The molecule has 103 heavy (non-hydrogen) atoms. The Morgan fingerprint density at radius 3 is 0.777 bits per heavy atom. The number of allylic oxidation sites excluding steroid dienone is 32. The van der Waals surface area contributed by atoms with Crippen LogP contribution in [0.3, 0.4) is 0 Å². The lowest BCUT2D eigenvalue weighted by atomic mass is 10.0. The number of likely N-dealkylation sites (N-methyl/N-ethyl adjacent to an activating group) is 1. The lowest BCUT2D eigenvalue weighted by Gasteiger charge is -2.25. The highest BCUT2D eigenvalue weighted by molar-refractivity contribution is 5.71. The van der Waals surface area contributed by atoms with Crippen LogP contribution in [-0.2, 0) is 33.3 Å². The Labute approximate surface area is 633 Å². The number of carbonyl (C=O) groups excluding carboxylic acids is 2. The maximum Gasteiger partial charge on any atom is 0.361 e. The molecule has 0 aliphatic rings. The Balaban J connectivity index is 4.07. The molecule has 1 N–H and O–H groups in total. The van der Waals surface area contributed by atoms with Crippen molar-refractivity contribution >= 4 is 17.9 Å². The van der Waals surface area contributed by atoms with Crippen LogP contribution in [0.25, 0.3) is 0 Å². The summed E-state index contributed by atoms with van der Waals surface area (Å²) in [5.41, 5.74) is 0. The van der Waals surface area contributed by atoms with Crippen molar-refractivity contribution in [2.75, 3.05) is 47.5 Å². The Kier molecular flexibility index (Phi) is 77.1. The third-order valence-electron chi connectivity index (χ3n) is 17.3. The van der Waals surface area contributed by atoms with Gasteiger partial charge >= 0.3 is 17.9 Å². The first kappa shape index (κ1) is 97.1. The predicted octanol–water partition coefficient (Wildman–Crippen LogP) is 27.3. The van der Waals surface area contributed by atoms with Crippen molar-refractivity contribution in [3.8, 4) is 0 Å². The summed E-state index contributed by atoms with van der Waals surface area (Å²) in [6.07, 6.45) is 123. The van der Waals surface area contributed by atoms with Gasteiger partial charge in [0.2, 0.25) is 0 Å². The average molecular weight is 1430 g/mol. The minimum Gasteiger partial charge on any atom is -0.477 e. The van der Waals surface area contributed by atoms with Crippen LogP contribution in [0.1, 0.15) is 322 Å². The van der Waals surface area contributed by atoms with Crippen LogP contribution in [0, 0.1) is 0 Å². The standard InChI is InChI=1S/C94H153NO8/c1-6-8-10-12-14-16-18-20-22-24-26-28-30-32-34-36-38-40-42-44-45-46-47-49-51-53-55-57-59-61-63-65-67-69-71-73-75-77-79-81-83-85-92(97)103-90(89-102-94(93(98)99)100-87-86-95(3,4)5)88-101-91(96)84-82-80-78-76-74-72-70-68-66-64-62-60-58-56-54-52-50-48-43-41-39-37-35-33-31-29-27-25-23-21-19-17-15-13-11-9-7-2/h8-11,14-17,20-23,26-29,32-35,38-41,44-45,47-50,53,55,90,94H,6-7,12-13,18-19,24-25,30-31,36-37,42-43,46,51-52,54,56-89H2,1-5H3/p+1/b10-8-,11-9-,16-14-,17-15-,22-20-,23-21-,28-26-,29-27-,34-32-,35-33-,40-38-,41-39-,45-44-,49-47-,50-48-,55-53-. The van der Waals surface area contributed by atoms with E-state index >= 15 is 0 Å². The fourth-order valence-electron chi connectivity index (χ4n) is 11.1. The zero-order valence-electron chi connectivity index (χ0n) is 66.7. The van der Waals surface area contributed by atoms with Gasteiger partial charge in [0.05, 0.1) is 34.4 Å². The molecular formula is C94H154NO8+. The third-order valence-corrected chi connectivity index (χ3v) is 17.3. The minimum atomic E-state index is -1.52. The predicted molar refractivity (Wildman–Crippen MR) is 446 cm³/mol. The van der Waals surface area contributed by atoms with Crippen molar-refractivity contribution < 1.29 is 42.9 Å². The minimum absolute atomic E-state index is 0.180. The molecule has 9 nitrogen and oxygen atoms in total. The molecule has 0 saturated carbocycles. The van der Waals surface area contributed by atoms with E-state index < -0.39 is 24.3 Å². The number of quaternary nitrogens is 1. The number of hydrogen-bond acceptors (Lipinski definition) is 7. The largest absolute Gasteiger partial charge is 0.477 e. The monoisotopic (exact) mass is 1430 g/mol.